The fourth-order valence-electron chi connectivity index (χ4n) is 1.14. The fourth-order valence-corrected chi connectivity index (χ4v) is 1.14. The molecular formula is C9H12N4O4. The van der Waals surface area contributed by atoms with Gasteiger partial charge in [0.15, 0.2) is 0 Å². The molecule has 4 amide bonds. The van der Waals surface area contributed by atoms with Gasteiger partial charge in [-0.2, -0.15) is 0 Å². The molecule has 8 heteroatoms. The van der Waals surface area contributed by atoms with Gasteiger partial charge in [0.2, 0.25) is 0 Å². The van der Waals surface area contributed by atoms with Crippen molar-refractivity contribution < 1.29 is 20.0 Å². The summed E-state index contributed by atoms with van der Waals surface area (Å²) in [5.41, 5.74) is 4.35. The summed E-state index contributed by atoms with van der Waals surface area (Å²) >= 11 is 0. The first kappa shape index (κ1) is 12.7. The number of hydrogen-bond acceptors (Lipinski definition) is 4. The smallest absolute Gasteiger partial charge is 0.306 e. The molecular weight excluding hydrogens is 228 g/mol. The summed E-state index contributed by atoms with van der Waals surface area (Å²) in [6, 6.07) is 3.12. The van der Waals surface area contributed by atoms with Gasteiger partial charge in [-0.05, 0) is 24.6 Å². The summed E-state index contributed by atoms with van der Waals surface area (Å²) in [4.78, 5) is 21.8. The highest BCUT2D eigenvalue weighted by Crippen LogP contribution is 2.20. The minimum absolute atomic E-state index is 0.371. The van der Waals surface area contributed by atoms with E-state index in [9.17, 15) is 9.59 Å². The van der Waals surface area contributed by atoms with Crippen LogP contribution in [0.25, 0.3) is 0 Å². The summed E-state index contributed by atoms with van der Waals surface area (Å²) in [7, 11) is 0. The Kier molecular flexibility index (Phi) is 4.26. The second-order valence-electron chi connectivity index (χ2n) is 3.16. The monoisotopic (exact) mass is 240 g/mol. The number of urea groups is 2. The fraction of sp³-hybridized carbons (Fsp3) is 0.111. The first-order chi connectivity index (χ1) is 8.06. The Balaban J connectivity index is 2.86. The van der Waals surface area contributed by atoms with Crippen LogP contribution in [0, 0.1) is 6.92 Å². The summed E-state index contributed by atoms with van der Waals surface area (Å²) in [5.74, 6) is 0. The van der Waals surface area contributed by atoms with E-state index < -0.39 is 12.1 Å². The summed E-state index contributed by atoms with van der Waals surface area (Å²) < 4.78 is 0. The highest BCUT2D eigenvalue weighted by atomic mass is 16.5. The van der Waals surface area contributed by atoms with Gasteiger partial charge in [-0.3, -0.25) is 10.4 Å². The third-order valence-electron chi connectivity index (χ3n) is 1.95. The Morgan fingerprint density at radius 2 is 1.65 bits per heavy atom. The number of benzene rings is 1. The lowest BCUT2D eigenvalue weighted by molar-refractivity contribution is 0.172. The van der Waals surface area contributed by atoms with Gasteiger partial charge >= 0.3 is 12.1 Å². The van der Waals surface area contributed by atoms with Crippen molar-refractivity contribution in [1.82, 2.24) is 11.0 Å². The molecule has 0 aliphatic carbocycles. The van der Waals surface area contributed by atoms with Crippen LogP contribution in [0.15, 0.2) is 18.2 Å². The van der Waals surface area contributed by atoms with Crippen LogP contribution in [0.4, 0.5) is 21.0 Å². The zero-order valence-corrected chi connectivity index (χ0v) is 8.94. The van der Waals surface area contributed by atoms with E-state index in [1.165, 1.54) is 17.0 Å². The zero-order chi connectivity index (χ0) is 12.8. The van der Waals surface area contributed by atoms with Gasteiger partial charge in [0.05, 0.1) is 0 Å². The van der Waals surface area contributed by atoms with E-state index in [0.29, 0.717) is 11.4 Å². The number of carbonyl (C=O) groups excluding carboxylic acids is 2. The maximum atomic E-state index is 10.9. The lowest BCUT2D eigenvalue weighted by Crippen LogP contribution is -2.26. The summed E-state index contributed by atoms with van der Waals surface area (Å²) in [5, 5.41) is 21.4. The third kappa shape index (κ3) is 3.63. The van der Waals surface area contributed by atoms with Crippen LogP contribution in [0.1, 0.15) is 5.56 Å². The van der Waals surface area contributed by atoms with Crippen molar-refractivity contribution >= 4 is 23.4 Å². The molecule has 0 bridgehead atoms. The highest BCUT2D eigenvalue weighted by Gasteiger charge is 2.06. The van der Waals surface area contributed by atoms with Gasteiger partial charge in [0.25, 0.3) is 0 Å². The first-order valence-electron chi connectivity index (χ1n) is 4.59. The molecule has 6 N–H and O–H groups in total. The lowest BCUT2D eigenvalue weighted by atomic mass is 10.2. The summed E-state index contributed by atoms with van der Waals surface area (Å²) in [6.07, 6.45) is 0. The van der Waals surface area contributed by atoms with Crippen molar-refractivity contribution in [2.24, 2.45) is 0 Å². The third-order valence-corrected chi connectivity index (χ3v) is 1.95. The van der Waals surface area contributed by atoms with E-state index in [4.69, 9.17) is 10.4 Å². The normalized spacial score (nSPS) is 9.35. The van der Waals surface area contributed by atoms with Gasteiger partial charge in [0.1, 0.15) is 0 Å². The van der Waals surface area contributed by atoms with Gasteiger partial charge < -0.3 is 10.6 Å². The van der Waals surface area contributed by atoms with Crippen molar-refractivity contribution in [3.63, 3.8) is 0 Å². The number of hydrogen-bond donors (Lipinski definition) is 6. The predicted octanol–water partition coefficient (Wildman–Crippen LogP) is 1.02. The molecule has 0 unspecified atom stereocenters. The average Bonchev–Trinajstić information content (AvgIpc) is 2.33. The number of amides is 4. The molecule has 0 saturated carbocycles. The molecule has 1 aromatic carbocycles. The Hall–Kier alpha value is -2.32. The van der Waals surface area contributed by atoms with Gasteiger partial charge in [-0.15, -0.1) is 0 Å². The van der Waals surface area contributed by atoms with E-state index >= 15 is 0 Å². The van der Waals surface area contributed by atoms with Crippen LogP contribution in [0.3, 0.4) is 0 Å². The van der Waals surface area contributed by atoms with E-state index in [1.807, 2.05) is 0 Å². The summed E-state index contributed by atoms with van der Waals surface area (Å²) in [6.45, 7) is 1.74. The molecule has 0 aromatic heterocycles. The number of nitrogens with one attached hydrogen (secondary N) is 4. The Morgan fingerprint density at radius 3 is 2.24 bits per heavy atom. The van der Waals surface area contributed by atoms with Crippen molar-refractivity contribution in [2.75, 3.05) is 10.6 Å². The van der Waals surface area contributed by atoms with Crippen molar-refractivity contribution in [3.05, 3.63) is 23.8 Å². The topological polar surface area (TPSA) is 123 Å². The maximum Gasteiger partial charge on any atom is 0.342 e. The molecule has 92 valence electrons. The van der Waals surface area contributed by atoms with E-state index in [2.05, 4.69) is 10.6 Å². The minimum atomic E-state index is -0.800. The highest BCUT2D eigenvalue weighted by molar-refractivity contribution is 5.92. The van der Waals surface area contributed by atoms with Crippen LogP contribution in [-0.4, -0.2) is 22.5 Å². The van der Waals surface area contributed by atoms with Crippen molar-refractivity contribution in [2.45, 2.75) is 6.92 Å². The van der Waals surface area contributed by atoms with Crippen LogP contribution in [0.5, 0.6) is 0 Å². The molecule has 0 spiro atoms. The van der Waals surface area contributed by atoms with Gasteiger partial charge in [0, 0.05) is 11.4 Å². The molecule has 1 rings (SSSR count). The standard InChI is InChI=1S/C9H12N4O4/c1-5-2-3-6(10-8(14)12-16)4-7(5)11-9(15)13-17/h2-4,16-17H,1H3,(H2,10,12,14)(H2,11,13,15). The van der Waals surface area contributed by atoms with Crippen LogP contribution >= 0.6 is 0 Å². The quantitative estimate of drug-likeness (QED) is 0.341. The molecule has 0 aliphatic heterocycles. The van der Waals surface area contributed by atoms with E-state index in [1.54, 1.807) is 19.1 Å². The largest absolute Gasteiger partial charge is 0.342 e. The molecule has 0 aliphatic rings. The second kappa shape index (κ2) is 5.68. The number of hydroxylamine groups is 2. The number of aryl methyl sites for hydroxylation is 1. The Bertz CT molecular complexity index is 435. The van der Waals surface area contributed by atoms with Crippen LogP contribution in [0.2, 0.25) is 0 Å². The van der Waals surface area contributed by atoms with Crippen molar-refractivity contribution in [1.29, 1.82) is 0 Å². The van der Waals surface area contributed by atoms with Crippen molar-refractivity contribution in [3.8, 4) is 0 Å². The molecule has 1 aromatic rings. The lowest BCUT2D eigenvalue weighted by Gasteiger charge is -2.10. The average molecular weight is 240 g/mol. The zero-order valence-electron chi connectivity index (χ0n) is 8.94. The maximum absolute atomic E-state index is 10.9. The minimum Gasteiger partial charge on any atom is -0.306 e. The molecule has 0 radical (unpaired) electrons. The number of anilines is 2. The SMILES string of the molecule is Cc1ccc(NC(=O)NO)cc1NC(=O)NO. The Labute approximate surface area is 96.5 Å². The number of rotatable bonds is 2. The first-order valence-corrected chi connectivity index (χ1v) is 4.59. The molecule has 0 fully saturated rings. The molecule has 0 atom stereocenters. The number of carbonyl (C=O) groups is 2. The van der Waals surface area contributed by atoms with Gasteiger partial charge in [-0.25, -0.2) is 20.5 Å². The molecule has 0 heterocycles. The second-order valence-corrected chi connectivity index (χ2v) is 3.16. The van der Waals surface area contributed by atoms with Crippen LogP contribution < -0.4 is 21.6 Å². The predicted molar refractivity (Wildman–Crippen MR) is 59.1 cm³/mol. The molecule has 0 saturated heterocycles. The van der Waals surface area contributed by atoms with Gasteiger partial charge in [-0.1, -0.05) is 6.07 Å². The van der Waals surface area contributed by atoms with E-state index in [0.717, 1.165) is 5.56 Å². The Morgan fingerprint density at radius 1 is 1.06 bits per heavy atom. The van der Waals surface area contributed by atoms with Crippen LogP contribution in [-0.2, 0) is 0 Å². The van der Waals surface area contributed by atoms with E-state index in [-0.39, 0.29) is 0 Å². The molecule has 8 nitrogen and oxygen atoms in total. The molecule has 17 heavy (non-hydrogen) atoms.